The van der Waals surface area contributed by atoms with Gasteiger partial charge in [-0.3, -0.25) is 0 Å². The lowest BCUT2D eigenvalue weighted by Gasteiger charge is -2.26. The van der Waals surface area contributed by atoms with Crippen LogP contribution in [0.3, 0.4) is 0 Å². The third kappa shape index (κ3) is 3.47. The monoisotopic (exact) mass is 289 g/mol. The number of hydrogen-bond donors (Lipinski definition) is 1. The summed E-state index contributed by atoms with van der Waals surface area (Å²) in [7, 11) is 0. The maximum atomic E-state index is 5.98. The van der Waals surface area contributed by atoms with E-state index < -0.39 is 0 Å². The van der Waals surface area contributed by atoms with Crippen LogP contribution in [0.2, 0.25) is 0 Å². The molecule has 0 aromatic heterocycles. The molecule has 1 aromatic rings. The molecule has 0 amide bonds. The Morgan fingerprint density at radius 1 is 1.13 bits per heavy atom. The normalized spacial score (nSPS) is 25.7. The second-order valence-corrected chi connectivity index (χ2v) is 5.09. The molecule has 2 atom stereocenters. The lowest BCUT2D eigenvalue weighted by atomic mass is 9.82. The van der Waals surface area contributed by atoms with Crippen LogP contribution in [0.5, 0.6) is 0 Å². The second kappa shape index (κ2) is 5.88. The largest absolute Gasteiger partial charge is 0.328 e. The smallest absolute Gasteiger partial charge is 0.0175 e. The van der Waals surface area contributed by atoms with Gasteiger partial charge in [0.05, 0.1) is 0 Å². The first-order valence-electron chi connectivity index (χ1n) is 5.27. The molecular formula is C12H17BrClN. The van der Waals surface area contributed by atoms with Crippen LogP contribution in [0, 0.1) is 0 Å². The minimum atomic E-state index is 0. The summed E-state index contributed by atoms with van der Waals surface area (Å²) in [5, 5.41) is 0. The number of benzene rings is 1. The summed E-state index contributed by atoms with van der Waals surface area (Å²) in [6, 6.07) is 9.09. The van der Waals surface area contributed by atoms with Gasteiger partial charge in [-0.1, -0.05) is 34.5 Å². The highest BCUT2D eigenvalue weighted by Gasteiger charge is 2.20. The van der Waals surface area contributed by atoms with Crippen molar-refractivity contribution in [3.05, 3.63) is 34.3 Å². The molecule has 0 unspecified atom stereocenters. The summed E-state index contributed by atoms with van der Waals surface area (Å²) >= 11 is 3.46. The van der Waals surface area contributed by atoms with E-state index in [0.717, 1.165) is 10.9 Å². The van der Waals surface area contributed by atoms with Gasteiger partial charge in [0.2, 0.25) is 0 Å². The van der Waals surface area contributed by atoms with E-state index >= 15 is 0 Å². The van der Waals surface area contributed by atoms with Gasteiger partial charge in [0, 0.05) is 10.5 Å². The zero-order valence-corrected chi connectivity index (χ0v) is 11.1. The van der Waals surface area contributed by atoms with Crippen LogP contribution >= 0.6 is 28.3 Å². The van der Waals surface area contributed by atoms with Crippen LogP contribution in [0.4, 0.5) is 0 Å². The minimum Gasteiger partial charge on any atom is -0.328 e. The van der Waals surface area contributed by atoms with Crippen molar-refractivity contribution in [1.82, 2.24) is 0 Å². The molecule has 1 nitrogen and oxygen atoms in total. The van der Waals surface area contributed by atoms with E-state index in [2.05, 4.69) is 40.2 Å². The Morgan fingerprint density at radius 3 is 2.40 bits per heavy atom. The maximum Gasteiger partial charge on any atom is 0.0175 e. The standard InChI is InChI=1S/C12H16BrN.ClH/c13-11-6-4-9(5-7-11)10-2-1-3-12(14)8-10;/h4-7,10,12H,1-3,8,14H2;1H/t10-,12+;/m0./s1. The van der Waals surface area contributed by atoms with Gasteiger partial charge in [-0.2, -0.15) is 0 Å². The van der Waals surface area contributed by atoms with E-state index in [1.807, 2.05) is 0 Å². The molecule has 3 heteroatoms. The summed E-state index contributed by atoms with van der Waals surface area (Å²) < 4.78 is 1.15. The van der Waals surface area contributed by atoms with Crippen molar-refractivity contribution >= 4 is 28.3 Å². The van der Waals surface area contributed by atoms with E-state index in [0.29, 0.717) is 12.0 Å². The zero-order chi connectivity index (χ0) is 9.97. The van der Waals surface area contributed by atoms with Crippen LogP contribution in [0.15, 0.2) is 28.7 Å². The summed E-state index contributed by atoms with van der Waals surface area (Å²) in [4.78, 5) is 0. The maximum absolute atomic E-state index is 5.98. The Balaban J connectivity index is 0.00000112. The zero-order valence-electron chi connectivity index (χ0n) is 8.66. The van der Waals surface area contributed by atoms with Gasteiger partial charge in [0.25, 0.3) is 0 Å². The van der Waals surface area contributed by atoms with Gasteiger partial charge in [0.1, 0.15) is 0 Å². The Bertz CT molecular complexity index is 299. The average molecular weight is 291 g/mol. The van der Waals surface area contributed by atoms with Crippen molar-refractivity contribution in [3.8, 4) is 0 Å². The summed E-state index contributed by atoms with van der Waals surface area (Å²) in [5.74, 6) is 0.687. The van der Waals surface area contributed by atoms with Gasteiger partial charge in [0.15, 0.2) is 0 Å². The molecule has 1 aliphatic carbocycles. The van der Waals surface area contributed by atoms with Crippen LogP contribution in [0.1, 0.15) is 37.2 Å². The van der Waals surface area contributed by atoms with E-state index in [-0.39, 0.29) is 12.4 Å². The lowest BCUT2D eigenvalue weighted by molar-refractivity contribution is 0.393. The number of rotatable bonds is 1. The van der Waals surface area contributed by atoms with Crippen LogP contribution in [-0.2, 0) is 0 Å². The number of hydrogen-bond acceptors (Lipinski definition) is 1. The summed E-state index contributed by atoms with van der Waals surface area (Å²) in [5.41, 5.74) is 7.43. The summed E-state index contributed by atoms with van der Waals surface area (Å²) in [6.07, 6.45) is 4.94. The van der Waals surface area contributed by atoms with Gasteiger partial charge in [-0.15, -0.1) is 12.4 Å². The fraction of sp³-hybridized carbons (Fsp3) is 0.500. The van der Waals surface area contributed by atoms with E-state index in [9.17, 15) is 0 Å². The molecule has 1 aromatic carbocycles. The third-order valence-corrected chi connectivity index (χ3v) is 3.58. The van der Waals surface area contributed by atoms with Crippen LogP contribution in [-0.4, -0.2) is 6.04 Å². The molecular weight excluding hydrogens is 273 g/mol. The Morgan fingerprint density at radius 2 is 1.80 bits per heavy atom. The fourth-order valence-electron chi connectivity index (χ4n) is 2.27. The Kier molecular flexibility index (Phi) is 5.10. The first-order chi connectivity index (χ1) is 6.75. The topological polar surface area (TPSA) is 26.0 Å². The fourth-order valence-corrected chi connectivity index (χ4v) is 2.53. The van der Waals surface area contributed by atoms with Crippen LogP contribution in [0.25, 0.3) is 0 Å². The molecule has 84 valence electrons. The van der Waals surface area contributed by atoms with Crippen molar-refractivity contribution < 1.29 is 0 Å². The number of nitrogens with two attached hydrogens (primary N) is 1. The van der Waals surface area contributed by atoms with Crippen molar-refractivity contribution in [2.45, 2.75) is 37.6 Å². The molecule has 0 bridgehead atoms. The molecule has 15 heavy (non-hydrogen) atoms. The van der Waals surface area contributed by atoms with Crippen molar-refractivity contribution in [2.75, 3.05) is 0 Å². The van der Waals surface area contributed by atoms with Gasteiger partial charge in [-0.25, -0.2) is 0 Å². The second-order valence-electron chi connectivity index (χ2n) is 4.18. The first kappa shape index (κ1) is 13.0. The molecule has 2 N–H and O–H groups in total. The quantitative estimate of drug-likeness (QED) is 0.835. The molecule has 0 spiro atoms. The Hall–Kier alpha value is -0.0500. The SMILES string of the molecule is Cl.N[C@@H]1CCC[C@H](c2ccc(Br)cc2)C1. The van der Waals surface area contributed by atoms with Gasteiger partial charge in [-0.05, 0) is 42.9 Å². The third-order valence-electron chi connectivity index (χ3n) is 3.06. The predicted octanol–water partition coefficient (Wildman–Crippen LogP) is 3.86. The molecule has 0 aliphatic heterocycles. The van der Waals surface area contributed by atoms with Crippen LogP contribution < -0.4 is 5.73 Å². The Labute approximate surface area is 106 Å². The molecule has 0 saturated heterocycles. The molecule has 1 fully saturated rings. The predicted molar refractivity (Wildman–Crippen MR) is 70.6 cm³/mol. The average Bonchev–Trinajstić information content (AvgIpc) is 2.19. The minimum absolute atomic E-state index is 0. The molecule has 0 heterocycles. The molecule has 2 rings (SSSR count). The molecule has 1 aliphatic rings. The highest BCUT2D eigenvalue weighted by atomic mass is 79.9. The van der Waals surface area contributed by atoms with Gasteiger partial charge < -0.3 is 5.73 Å². The van der Waals surface area contributed by atoms with Crippen molar-refractivity contribution in [1.29, 1.82) is 0 Å². The highest BCUT2D eigenvalue weighted by molar-refractivity contribution is 9.10. The molecule has 1 saturated carbocycles. The van der Waals surface area contributed by atoms with Gasteiger partial charge >= 0.3 is 0 Å². The highest BCUT2D eigenvalue weighted by Crippen LogP contribution is 2.32. The summed E-state index contributed by atoms with van der Waals surface area (Å²) in [6.45, 7) is 0. The van der Waals surface area contributed by atoms with Crippen molar-refractivity contribution in [2.24, 2.45) is 5.73 Å². The van der Waals surface area contributed by atoms with E-state index in [1.165, 1.54) is 24.8 Å². The lowest BCUT2D eigenvalue weighted by Crippen LogP contribution is -2.26. The first-order valence-corrected chi connectivity index (χ1v) is 6.06. The van der Waals surface area contributed by atoms with Crippen molar-refractivity contribution in [3.63, 3.8) is 0 Å². The van der Waals surface area contributed by atoms with E-state index in [4.69, 9.17) is 5.73 Å². The molecule has 0 radical (unpaired) electrons. The van der Waals surface area contributed by atoms with E-state index in [1.54, 1.807) is 0 Å². The number of halogens is 2.